The molecule has 0 radical (unpaired) electrons. The van der Waals surface area contributed by atoms with E-state index in [1.807, 2.05) is 0 Å². The van der Waals surface area contributed by atoms with Gasteiger partial charge in [0.05, 0.1) is 10.7 Å². The normalized spacial score (nSPS) is 18.0. The SMILES string of the molecule is CN1c2cc(Cl)c(S(N)(=O)=O)cc2SNC1[C@H](CO[N+](=O)[O-])O[N+](=O)[O-]. The maximum atomic E-state index is 11.5. The Morgan fingerprint density at radius 3 is 2.62 bits per heavy atom. The van der Waals surface area contributed by atoms with Crippen LogP contribution in [0.4, 0.5) is 5.69 Å². The number of nitrogens with one attached hydrogen (secondary N) is 1. The number of nitrogens with two attached hydrogens (primary N) is 1. The molecule has 1 aromatic rings. The predicted molar refractivity (Wildman–Crippen MR) is 88.8 cm³/mol. The van der Waals surface area contributed by atoms with Crippen LogP contribution in [0.15, 0.2) is 21.9 Å². The molecule has 3 N–H and O–H groups in total. The highest BCUT2D eigenvalue weighted by Gasteiger charge is 2.35. The Morgan fingerprint density at radius 2 is 2.08 bits per heavy atom. The van der Waals surface area contributed by atoms with Crippen molar-refractivity contribution in [2.45, 2.75) is 22.1 Å². The van der Waals surface area contributed by atoms with Crippen molar-refractivity contribution in [1.82, 2.24) is 4.72 Å². The second-order valence-corrected chi connectivity index (χ2v) is 7.77. The third kappa shape index (κ3) is 4.55. The van der Waals surface area contributed by atoms with Crippen LogP contribution in [0.5, 0.6) is 0 Å². The molecule has 26 heavy (non-hydrogen) atoms. The minimum absolute atomic E-state index is 0.146. The van der Waals surface area contributed by atoms with Gasteiger partial charge in [-0.2, -0.15) is 0 Å². The second-order valence-electron chi connectivity index (χ2n) is 4.96. The first-order valence-corrected chi connectivity index (χ1v) is 9.34. The summed E-state index contributed by atoms with van der Waals surface area (Å²) in [5.74, 6) is 0. The van der Waals surface area contributed by atoms with Crippen molar-refractivity contribution in [2.75, 3.05) is 18.6 Å². The zero-order valence-electron chi connectivity index (χ0n) is 12.9. The number of anilines is 1. The van der Waals surface area contributed by atoms with Gasteiger partial charge in [-0.25, -0.2) is 18.3 Å². The summed E-state index contributed by atoms with van der Waals surface area (Å²) in [4.78, 5) is 31.2. The molecule has 0 aromatic heterocycles. The second kappa shape index (κ2) is 7.67. The van der Waals surface area contributed by atoms with E-state index in [2.05, 4.69) is 14.4 Å². The van der Waals surface area contributed by atoms with Crippen LogP contribution < -0.4 is 14.8 Å². The maximum Gasteiger partial charge on any atom is 0.294 e. The quantitative estimate of drug-likeness (QED) is 0.342. The van der Waals surface area contributed by atoms with Crippen LogP contribution in [0, 0.1) is 20.2 Å². The molecule has 13 nitrogen and oxygen atoms in total. The van der Waals surface area contributed by atoms with Gasteiger partial charge in [0.25, 0.3) is 10.2 Å². The van der Waals surface area contributed by atoms with E-state index >= 15 is 0 Å². The number of fused-ring (bicyclic) bond motifs is 1. The molecule has 0 bridgehead atoms. The number of rotatable bonds is 7. The van der Waals surface area contributed by atoms with Crippen LogP contribution in [0.3, 0.4) is 0 Å². The summed E-state index contributed by atoms with van der Waals surface area (Å²) in [5, 5.41) is 23.8. The van der Waals surface area contributed by atoms with Gasteiger partial charge in [-0.15, -0.1) is 20.2 Å². The molecule has 0 aliphatic carbocycles. The van der Waals surface area contributed by atoms with Crippen molar-refractivity contribution >= 4 is 39.3 Å². The lowest BCUT2D eigenvalue weighted by Crippen LogP contribution is -2.54. The van der Waals surface area contributed by atoms with Gasteiger partial charge in [-0.1, -0.05) is 11.6 Å². The monoisotopic (exact) mass is 429 g/mol. The van der Waals surface area contributed by atoms with Crippen LogP contribution in [-0.2, 0) is 19.7 Å². The Labute approximate surface area is 155 Å². The Morgan fingerprint density at radius 1 is 1.42 bits per heavy atom. The van der Waals surface area contributed by atoms with Crippen LogP contribution in [0.2, 0.25) is 5.02 Å². The number of halogens is 1. The fourth-order valence-corrected chi connectivity index (χ4v) is 4.41. The van der Waals surface area contributed by atoms with Crippen molar-refractivity contribution in [2.24, 2.45) is 5.14 Å². The third-order valence-electron chi connectivity index (χ3n) is 3.32. The molecule has 0 amide bonds. The van der Waals surface area contributed by atoms with E-state index in [4.69, 9.17) is 16.7 Å². The van der Waals surface area contributed by atoms with Crippen molar-refractivity contribution < 1.29 is 28.3 Å². The third-order valence-corrected chi connectivity index (χ3v) is 5.61. The predicted octanol–water partition coefficient (Wildman–Crippen LogP) is 0.145. The molecule has 144 valence electrons. The van der Waals surface area contributed by atoms with E-state index in [0.717, 1.165) is 11.9 Å². The van der Waals surface area contributed by atoms with E-state index < -0.39 is 39.1 Å². The molecule has 0 saturated carbocycles. The first-order chi connectivity index (χ1) is 12.0. The molecular formula is C10H12ClN5O8S2. The summed E-state index contributed by atoms with van der Waals surface area (Å²) in [6.07, 6.45) is -2.29. The molecule has 16 heteroatoms. The molecule has 1 heterocycles. The summed E-state index contributed by atoms with van der Waals surface area (Å²) in [5.41, 5.74) is 0.411. The fraction of sp³-hybridized carbons (Fsp3) is 0.400. The number of hydrogen-bond acceptors (Lipinski definition) is 11. The Hall–Kier alpha value is -2.07. The van der Waals surface area contributed by atoms with Gasteiger partial charge >= 0.3 is 0 Å². The molecule has 0 fully saturated rings. The highest BCUT2D eigenvalue weighted by molar-refractivity contribution is 7.97. The average Bonchev–Trinajstić information content (AvgIpc) is 2.50. The molecule has 2 atom stereocenters. The number of likely N-dealkylation sites (N-methyl/N-ethyl adjacent to an activating group) is 1. The zero-order chi connectivity index (χ0) is 19.6. The van der Waals surface area contributed by atoms with Gasteiger partial charge < -0.3 is 14.6 Å². The Balaban J connectivity index is 2.34. The fourth-order valence-electron chi connectivity index (χ4n) is 2.20. The van der Waals surface area contributed by atoms with Gasteiger partial charge in [0.1, 0.15) is 17.7 Å². The summed E-state index contributed by atoms with van der Waals surface area (Å²) in [7, 11) is -2.54. The maximum absolute atomic E-state index is 11.5. The van der Waals surface area contributed by atoms with Crippen LogP contribution in [0.25, 0.3) is 0 Å². The van der Waals surface area contributed by atoms with E-state index in [-0.39, 0.29) is 9.92 Å². The molecule has 1 unspecified atom stereocenters. The van der Waals surface area contributed by atoms with E-state index in [1.165, 1.54) is 24.1 Å². The first-order valence-electron chi connectivity index (χ1n) is 6.60. The van der Waals surface area contributed by atoms with Gasteiger partial charge in [-0.3, -0.25) is 0 Å². The van der Waals surface area contributed by atoms with Crippen molar-refractivity contribution in [3.63, 3.8) is 0 Å². The molecule has 1 aliphatic rings. The lowest BCUT2D eigenvalue weighted by Gasteiger charge is -2.39. The van der Waals surface area contributed by atoms with Gasteiger partial charge in [0.15, 0.2) is 6.10 Å². The average molecular weight is 430 g/mol. The van der Waals surface area contributed by atoms with Crippen LogP contribution >= 0.6 is 23.5 Å². The van der Waals surface area contributed by atoms with Gasteiger partial charge in [0.2, 0.25) is 10.0 Å². The lowest BCUT2D eigenvalue weighted by molar-refractivity contribution is -0.790. The molecule has 1 aliphatic heterocycles. The topological polar surface area (TPSA) is 180 Å². The smallest absolute Gasteiger partial charge is 0.294 e. The zero-order valence-corrected chi connectivity index (χ0v) is 15.3. The largest absolute Gasteiger partial charge is 0.355 e. The number of nitrogens with zero attached hydrogens (tertiary/aromatic N) is 3. The number of hydrogen-bond donors (Lipinski definition) is 2. The molecular weight excluding hydrogens is 418 g/mol. The van der Waals surface area contributed by atoms with Crippen LogP contribution in [-0.4, -0.2) is 44.5 Å². The number of primary sulfonamides is 1. The Bertz CT molecular complexity index is 837. The van der Waals surface area contributed by atoms with E-state index in [9.17, 15) is 28.6 Å². The number of sulfonamides is 1. The van der Waals surface area contributed by atoms with Crippen LogP contribution in [0.1, 0.15) is 0 Å². The van der Waals surface area contributed by atoms with Crippen molar-refractivity contribution in [3.8, 4) is 0 Å². The molecule has 1 aromatic carbocycles. The molecule has 0 spiro atoms. The van der Waals surface area contributed by atoms with E-state index in [0.29, 0.717) is 10.6 Å². The minimum Gasteiger partial charge on any atom is -0.355 e. The standard InChI is InChI=1S/C10H12ClN5O8S2/c1-14-6-2-5(11)9(26(12,21)22)3-8(6)25-13-10(14)7(24-16(19)20)4-23-15(17)18/h2-3,7,10,13H,4H2,1H3,(H2,12,21,22)/t7-,10?/m0/s1. The van der Waals surface area contributed by atoms with Gasteiger partial charge in [0, 0.05) is 11.9 Å². The minimum atomic E-state index is -4.05. The number of benzene rings is 1. The molecule has 2 rings (SSSR count). The highest BCUT2D eigenvalue weighted by atomic mass is 35.5. The van der Waals surface area contributed by atoms with Crippen molar-refractivity contribution in [3.05, 3.63) is 37.4 Å². The Kier molecular flexibility index (Phi) is 5.97. The highest BCUT2D eigenvalue weighted by Crippen LogP contribution is 2.39. The summed E-state index contributed by atoms with van der Waals surface area (Å²) < 4.78 is 25.9. The van der Waals surface area contributed by atoms with Crippen molar-refractivity contribution in [1.29, 1.82) is 0 Å². The van der Waals surface area contributed by atoms with E-state index in [1.54, 1.807) is 0 Å². The summed E-state index contributed by atoms with van der Waals surface area (Å²) in [6, 6.07) is 2.56. The summed E-state index contributed by atoms with van der Waals surface area (Å²) >= 11 is 6.89. The summed E-state index contributed by atoms with van der Waals surface area (Å²) in [6.45, 7) is -0.713. The van der Waals surface area contributed by atoms with Gasteiger partial charge in [-0.05, 0) is 24.1 Å². The first kappa shape index (κ1) is 20.2. The molecule has 0 saturated heterocycles. The lowest BCUT2D eigenvalue weighted by atomic mass is 10.2.